The van der Waals surface area contributed by atoms with Gasteiger partial charge in [-0.05, 0) is 6.42 Å². The van der Waals surface area contributed by atoms with Gasteiger partial charge in [0.1, 0.15) is 12.1 Å². The summed E-state index contributed by atoms with van der Waals surface area (Å²) in [6.45, 7) is -0.386. The van der Waals surface area contributed by atoms with E-state index in [2.05, 4.69) is 0 Å². The largest absolute Gasteiger partial charge is 0.396 e. The van der Waals surface area contributed by atoms with Gasteiger partial charge in [0, 0.05) is 6.61 Å². The summed E-state index contributed by atoms with van der Waals surface area (Å²) >= 11 is 0. The SMILES string of the molecule is NC(=O)NC(C(O)O)C(O)C(O)CCO. The molecule has 0 aromatic rings. The fourth-order valence-electron chi connectivity index (χ4n) is 1.04. The molecule has 3 unspecified atom stereocenters. The molecule has 0 radical (unpaired) electrons. The van der Waals surface area contributed by atoms with Crippen molar-refractivity contribution in [2.45, 2.75) is 31.0 Å². The van der Waals surface area contributed by atoms with Gasteiger partial charge in [-0.15, -0.1) is 0 Å². The molecular formula is C7H16N2O6. The molecule has 8 nitrogen and oxygen atoms in total. The van der Waals surface area contributed by atoms with Gasteiger partial charge in [0.05, 0.1) is 6.10 Å². The average molecular weight is 224 g/mol. The number of hydrogen-bond acceptors (Lipinski definition) is 6. The van der Waals surface area contributed by atoms with Gasteiger partial charge in [-0.2, -0.15) is 0 Å². The summed E-state index contributed by atoms with van der Waals surface area (Å²) in [6.07, 6.45) is -5.26. The summed E-state index contributed by atoms with van der Waals surface area (Å²) < 4.78 is 0. The molecule has 90 valence electrons. The van der Waals surface area contributed by atoms with E-state index in [0.717, 1.165) is 0 Å². The Morgan fingerprint density at radius 3 is 2.13 bits per heavy atom. The molecule has 0 aliphatic carbocycles. The van der Waals surface area contributed by atoms with Crippen molar-refractivity contribution >= 4 is 6.03 Å². The first-order valence-corrected chi connectivity index (χ1v) is 4.29. The van der Waals surface area contributed by atoms with Crippen molar-refractivity contribution in [2.75, 3.05) is 6.61 Å². The van der Waals surface area contributed by atoms with Crippen molar-refractivity contribution in [2.24, 2.45) is 5.73 Å². The van der Waals surface area contributed by atoms with Crippen molar-refractivity contribution in [1.29, 1.82) is 0 Å². The molecule has 0 spiro atoms. The molecular weight excluding hydrogens is 208 g/mol. The molecule has 0 saturated heterocycles. The zero-order chi connectivity index (χ0) is 12.0. The van der Waals surface area contributed by atoms with E-state index in [1.165, 1.54) is 0 Å². The van der Waals surface area contributed by atoms with Crippen LogP contribution >= 0.6 is 0 Å². The molecule has 15 heavy (non-hydrogen) atoms. The highest BCUT2D eigenvalue weighted by molar-refractivity contribution is 5.72. The molecule has 0 aromatic carbocycles. The second kappa shape index (κ2) is 6.53. The number of nitrogens with two attached hydrogens (primary N) is 1. The quantitative estimate of drug-likeness (QED) is 0.231. The number of carbonyl (C=O) groups excluding carboxylic acids is 1. The summed E-state index contributed by atoms with van der Waals surface area (Å²) in [4.78, 5) is 10.4. The zero-order valence-electron chi connectivity index (χ0n) is 7.95. The first kappa shape index (κ1) is 14.1. The molecule has 8 N–H and O–H groups in total. The number of primary amides is 1. The van der Waals surface area contributed by atoms with Crippen LogP contribution in [-0.4, -0.2) is 62.7 Å². The number of aliphatic hydroxyl groups is 5. The van der Waals surface area contributed by atoms with Gasteiger partial charge in [0.25, 0.3) is 0 Å². The lowest BCUT2D eigenvalue weighted by Crippen LogP contribution is -2.56. The normalized spacial score (nSPS) is 17.2. The number of carbonyl (C=O) groups is 1. The first-order chi connectivity index (χ1) is 6.90. The molecule has 0 aromatic heterocycles. The number of nitrogens with one attached hydrogen (secondary N) is 1. The Kier molecular flexibility index (Phi) is 6.13. The van der Waals surface area contributed by atoms with Crippen LogP contribution in [0.1, 0.15) is 6.42 Å². The molecule has 2 amide bonds. The molecule has 0 aliphatic heterocycles. The van der Waals surface area contributed by atoms with Crippen LogP contribution in [0.3, 0.4) is 0 Å². The van der Waals surface area contributed by atoms with Gasteiger partial charge in [-0.3, -0.25) is 0 Å². The molecule has 8 heteroatoms. The maximum Gasteiger partial charge on any atom is 0.312 e. The van der Waals surface area contributed by atoms with E-state index < -0.39 is 30.6 Å². The topological polar surface area (TPSA) is 156 Å². The van der Waals surface area contributed by atoms with Gasteiger partial charge in [-0.25, -0.2) is 4.79 Å². The van der Waals surface area contributed by atoms with Crippen molar-refractivity contribution in [3.05, 3.63) is 0 Å². The molecule has 3 atom stereocenters. The Balaban J connectivity index is 4.40. The predicted molar refractivity (Wildman–Crippen MR) is 48.4 cm³/mol. The third-order valence-corrected chi connectivity index (χ3v) is 1.82. The second-order valence-corrected chi connectivity index (χ2v) is 3.02. The lowest BCUT2D eigenvalue weighted by atomic mass is 10.0. The summed E-state index contributed by atoms with van der Waals surface area (Å²) in [5.74, 6) is 0. The second-order valence-electron chi connectivity index (χ2n) is 3.02. The smallest absolute Gasteiger partial charge is 0.312 e. The third-order valence-electron chi connectivity index (χ3n) is 1.82. The summed E-state index contributed by atoms with van der Waals surface area (Å²) in [5, 5.41) is 46.5. The summed E-state index contributed by atoms with van der Waals surface area (Å²) in [6, 6.07) is -2.58. The molecule has 0 bridgehead atoms. The monoisotopic (exact) mass is 224 g/mol. The number of amides is 2. The Labute approximate surface area is 86.0 Å². The molecule has 0 aliphatic rings. The standard InChI is InChI=1S/C7H16N2O6/c8-7(15)9-4(6(13)14)5(12)3(11)1-2-10/h3-6,10-14H,1-2H2,(H3,8,9,15). The predicted octanol–water partition coefficient (Wildman–Crippen LogP) is -3.56. The summed E-state index contributed by atoms with van der Waals surface area (Å²) in [5.41, 5.74) is 4.73. The number of urea groups is 1. The van der Waals surface area contributed by atoms with Gasteiger partial charge >= 0.3 is 6.03 Å². The molecule has 0 heterocycles. The van der Waals surface area contributed by atoms with Crippen LogP contribution < -0.4 is 11.1 Å². The van der Waals surface area contributed by atoms with Gasteiger partial charge in [0.15, 0.2) is 6.29 Å². The highest BCUT2D eigenvalue weighted by Gasteiger charge is 2.31. The van der Waals surface area contributed by atoms with E-state index in [1.807, 2.05) is 5.32 Å². The third kappa shape index (κ3) is 4.91. The van der Waals surface area contributed by atoms with Crippen molar-refractivity contribution in [1.82, 2.24) is 5.32 Å². The van der Waals surface area contributed by atoms with Gasteiger partial charge < -0.3 is 36.6 Å². The maximum atomic E-state index is 10.4. The molecule has 0 rings (SSSR count). The van der Waals surface area contributed by atoms with Crippen LogP contribution in [0.2, 0.25) is 0 Å². The van der Waals surface area contributed by atoms with Crippen LogP contribution in [-0.2, 0) is 0 Å². The minimum Gasteiger partial charge on any atom is -0.396 e. The summed E-state index contributed by atoms with van der Waals surface area (Å²) in [7, 11) is 0. The molecule has 0 saturated carbocycles. The Morgan fingerprint density at radius 1 is 1.27 bits per heavy atom. The lowest BCUT2D eigenvalue weighted by molar-refractivity contribution is -0.117. The van der Waals surface area contributed by atoms with Gasteiger partial charge in [0.2, 0.25) is 0 Å². The van der Waals surface area contributed by atoms with Gasteiger partial charge in [-0.1, -0.05) is 0 Å². The fraction of sp³-hybridized carbons (Fsp3) is 0.857. The minimum atomic E-state index is -2.07. The Hall–Kier alpha value is -0.930. The van der Waals surface area contributed by atoms with E-state index in [4.69, 9.17) is 21.1 Å². The maximum absolute atomic E-state index is 10.4. The van der Waals surface area contributed by atoms with E-state index in [9.17, 15) is 15.0 Å². The molecule has 0 fully saturated rings. The van der Waals surface area contributed by atoms with E-state index >= 15 is 0 Å². The van der Waals surface area contributed by atoms with Crippen molar-refractivity contribution in [3.63, 3.8) is 0 Å². The number of aliphatic hydroxyl groups excluding tert-OH is 4. The van der Waals surface area contributed by atoms with Crippen LogP contribution in [0.5, 0.6) is 0 Å². The fourth-order valence-corrected chi connectivity index (χ4v) is 1.04. The highest BCUT2D eigenvalue weighted by Crippen LogP contribution is 2.06. The van der Waals surface area contributed by atoms with Crippen LogP contribution in [0.25, 0.3) is 0 Å². The van der Waals surface area contributed by atoms with E-state index in [0.29, 0.717) is 0 Å². The Morgan fingerprint density at radius 2 is 1.80 bits per heavy atom. The minimum absolute atomic E-state index is 0.162. The van der Waals surface area contributed by atoms with Crippen LogP contribution in [0.15, 0.2) is 0 Å². The van der Waals surface area contributed by atoms with Crippen molar-refractivity contribution < 1.29 is 30.3 Å². The number of rotatable bonds is 6. The highest BCUT2D eigenvalue weighted by atomic mass is 16.5. The average Bonchev–Trinajstić information content (AvgIpc) is 2.12. The van der Waals surface area contributed by atoms with E-state index in [1.54, 1.807) is 0 Å². The van der Waals surface area contributed by atoms with E-state index in [-0.39, 0.29) is 13.0 Å². The number of hydrogen-bond donors (Lipinski definition) is 7. The van der Waals surface area contributed by atoms with Crippen LogP contribution in [0.4, 0.5) is 4.79 Å². The van der Waals surface area contributed by atoms with Crippen molar-refractivity contribution in [3.8, 4) is 0 Å². The lowest BCUT2D eigenvalue weighted by Gasteiger charge is -2.27. The first-order valence-electron chi connectivity index (χ1n) is 4.29. The Bertz CT molecular complexity index is 200. The van der Waals surface area contributed by atoms with Crippen LogP contribution in [0, 0.1) is 0 Å². The zero-order valence-corrected chi connectivity index (χ0v) is 7.95.